The first-order valence-corrected chi connectivity index (χ1v) is 6.36. The minimum Gasteiger partial charge on any atom is -0.288 e. The minimum absolute atomic E-state index is 0.0898. The molecule has 0 amide bonds. The van der Waals surface area contributed by atoms with E-state index in [9.17, 15) is 28.1 Å². The van der Waals surface area contributed by atoms with E-state index in [1.807, 2.05) is 0 Å². The van der Waals surface area contributed by atoms with Crippen molar-refractivity contribution in [2.24, 2.45) is 0 Å². The molecule has 0 atom stereocenters. The van der Waals surface area contributed by atoms with Crippen molar-refractivity contribution >= 4 is 28.6 Å². The molecule has 20 heavy (non-hydrogen) atoms. The molecule has 0 bridgehead atoms. The third kappa shape index (κ3) is 4.69. The molecule has 0 aliphatic carbocycles. The number of hydrogen-bond acceptors (Lipinski definition) is 4. The van der Waals surface area contributed by atoms with Crippen LogP contribution in [0.3, 0.4) is 0 Å². The van der Waals surface area contributed by atoms with Gasteiger partial charge in [0, 0.05) is 18.7 Å². The minimum atomic E-state index is -4.77. The molecule has 0 aromatic heterocycles. The monoisotopic (exact) mass is 305 g/mol. The van der Waals surface area contributed by atoms with Crippen LogP contribution in [0, 0.1) is 10.1 Å². The summed E-state index contributed by atoms with van der Waals surface area (Å²) < 4.78 is 37.7. The van der Waals surface area contributed by atoms with Crippen LogP contribution in [0.25, 0.3) is 6.08 Å². The van der Waals surface area contributed by atoms with Crippen LogP contribution in [0.15, 0.2) is 24.3 Å². The van der Waals surface area contributed by atoms with Crippen molar-refractivity contribution in [2.45, 2.75) is 13.1 Å². The van der Waals surface area contributed by atoms with Crippen molar-refractivity contribution in [3.63, 3.8) is 0 Å². The van der Waals surface area contributed by atoms with Gasteiger partial charge >= 0.3 is 6.18 Å². The SMILES string of the molecule is CC(=O)SCC=Cc1ccc(C(F)(F)F)c([N+](=O)[O-])c1. The van der Waals surface area contributed by atoms with Crippen LogP contribution in [0.5, 0.6) is 0 Å². The van der Waals surface area contributed by atoms with Crippen LogP contribution in [-0.2, 0) is 11.0 Å². The number of thioether (sulfide) groups is 1. The van der Waals surface area contributed by atoms with E-state index in [0.717, 1.165) is 23.9 Å². The van der Waals surface area contributed by atoms with Gasteiger partial charge < -0.3 is 0 Å². The van der Waals surface area contributed by atoms with Gasteiger partial charge in [0.05, 0.1) is 4.92 Å². The predicted octanol–water partition coefficient (Wildman–Crippen LogP) is 3.91. The Morgan fingerprint density at radius 3 is 2.60 bits per heavy atom. The summed E-state index contributed by atoms with van der Waals surface area (Å²) in [4.78, 5) is 20.3. The van der Waals surface area contributed by atoms with Crippen molar-refractivity contribution in [3.05, 3.63) is 45.5 Å². The van der Waals surface area contributed by atoms with E-state index in [1.165, 1.54) is 13.0 Å². The maximum absolute atomic E-state index is 12.6. The quantitative estimate of drug-likeness (QED) is 0.625. The van der Waals surface area contributed by atoms with E-state index >= 15 is 0 Å². The molecule has 0 heterocycles. The van der Waals surface area contributed by atoms with Crippen molar-refractivity contribution in [3.8, 4) is 0 Å². The number of nitrogens with zero attached hydrogens (tertiary/aromatic N) is 1. The second-order valence-electron chi connectivity index (χ2n) is 3.74. The Balaban J connectivity index is 3.00. The lowest BCUT2D eigenvalue weighted by molar-refractivity contribution is -0.388. The van der Waals surface area contributed by atoms with Crippen LogP contribution in [0.2, 0.25) is 0 Å². The first-order chi connectivity index (χ1) is 9.21. The third-order valence-electron chi connectivity index (χ3n) is 2.22. The van der Waals surface area contributed by atoms with Gasteiger partial charge in [-0.15, -0.1) is 0 Å². The van der Waals surface area contributed by atoms with Crippen LogP contribution in [0.1, 0.15) is 18.1 Å². The number of nitro benzene ring substituents is 1. The molecule has 0 spiro atoms. The highest BCUT2D eigenvalue weighted by Crippen LogP contribution is 2.36. The molecule has 0 unspecified atom stereocenters. The van der Waals surface area contributed by atoms with Crippen molar-refractivity contribution in [1.82, 2.24) is 0 Å². The van der Waals surface area contributed by atoms with Gasteiger partial charge in [-0.2, -0.15) is 13.2 Å². The fraction of sp³-hybridized carbons (Fsp3) is 0.250. The maximum atomic E-state index is 12.6. The Bertz CT molecular complexity index is 555. The summed E-state index contributed by atoms with van der Waals surface area (Å²) in [5, 5.41) is 10.6. The summed E-state index contributed by atoms with van der Waals surface area (Å²) in [6.45, 7) is 1.39. The molecule has 0 saturated heterocycles. The van der Waals surface area contributed by atoms with Gasteiger partial charge in [0.15, 0.2) is 5.12 Å². The molecule has 0 N–H and O–H groups in total. The summed E-state index contributed by atoms with van der Waals surface area (Å²) in [6, 6.07) is 2.68. The number of alkyl halides is 3. The molecular weight excluding hydrogens is 295 g/mol. The fourth-order valence-electron chi connectivity index (χ4n) is 1.39. The number of benzene rings is 1. The number of halogens is 3. The van der Waals surface area contributed by atoms with Crippen LogP contribution >= 0.6 is 11.8 Å². The molecular formula is C12H10F3NO3S. The summed E-state index contributed by atoms with van der Waals surface area (Å²) in [7, 11) is 0. The molecule has 0 fully saturated rings. The molecule has 1 aromatic carbocycles. The molecule has 1 aromatic rings. The lowest BCUT2D eigenvalue weighted by Gasteiger charge is -2.07. The summed E-state index contributed by atoms with van der Waals surface area (Å²) in [5.74, 6) is 0.351. The lowest BCUT2D eigenvalue weighted by Crippen LogP contribution is -2.08. The zero-order chi connectivity index (χ0) is 15.3. The average Bonchev–Trinajstić information content (AvgIpc) is 2.33. The molecule has 0 radical (unpaired) electrons. The first-order valence-electron chi connectivity index (χ1n) is 5.37. The van der Waals surface area contributed by atoms with E-state index in [2.05, 4.69) is 0 Å². The number of carbonyl (C=O) groups is 1. The molecule has 4 nitrogen and oxygen atoms in total. The standard InChI is InChI=1S/C12H10F3NO3S/c1-8(17)20-6-2-3-9-4-5-10(12(13,14)15)11(7-9)16(18)19/h2-5,7H,6H2,1H3. The van der Waals surface area contributed by atoms with Gasteiger partial charge in [0.1, 0.15) is 5.56 Å². The van der Waals surface area contributed by atoms with Crippen molar-refractivity contribution in [1.29, 1.82) is 0 Å². The fourth-order valence-corrected chi connectivity index (χ4v) is 1.82. The Hall–Kier alpha value is -1.83. The Labute approximate surface area is 116 Å². The summed E-state index contributed by atoms with van der Waals surface area (Å²) in [5.41, 5.74) is -1.99. The third-order valence-corrected chi connectivity index (χ3v) is 2.98. The molecule has 8 heteroatoms. The smallest absolute Gasteiger partial charge is 0.288 e. The van der Waals surface area contributed by atoms with E-state index in [-0.39, 0.29) is 10.7 Å². The van der Waals surface area contributed by atoms with Gasteiger partial charge in [0.2, 0.25) is 0 Å². The van der Waals surface area contributed by atoms with E-state index in [4.69, 9.17) is 0 Å². The number of carbonyl (C=O) groups excluding carboxylic acids is 1. The predicted molar refractivity (Wildman–Crippen MR) is 70.3 cm³/mol. The van der Waals surface area contributed by atoms with Gasteiger partial charge in [-0.3, -0.25) is 14.9 Å². The number of rotatable bonds is 4. The van der Waals surface area contributed by atoms with Crippen LogP contribution in [-0.4, -0.2) is 15.8 Å². The molecule has 0 saturated carbocycles. The highest BCUT2D eigenvalue weighted by molar-refractivity contribution is 8.13. The highest BCUT2D eigenvalue weighted by Gasteiger charge is 2.38. The highest BCUT2D eigenvalue weighted by atomic mass is 32.2. The van der Waals surface area contributed by atoms with E-state index in [1.54, 1.807) is 6.08 Å². The largest absolute Gasteiger partial charge is 0.422 e. The number of nitro groups is 1. The van der Waals surface area contributed by atoms with Crippen LogP contribution in [0.4, 0.5) is 18.9 Å². The van der Waals surface area contributed by atoms with Gasteiger partial charge in [0.25, 0.3) is 5.69 Å². The van der Waals surface area contributed by atoms with Crippen molar-refractivity contribution < 1.29 is 22.9 Å². The number of hydrogen-bond donors (Lipinski definition) is 0. The normalized spacial score (nSPS) is 11.8. The van der Waals surface area contributed by atoms with E-state index in [0.29, 0.717) is 11.8 Å². The first kappa shape index (κ1) is 16.2. The van der Waals surface area contributed by atoms with Gasteiger partial charge in [-0.25, -0.2) is 0 Å². The topological polar surface area (TPSA) is 60.2 Å². The van der Waals surface area contributed by atoms with Crippen molar-refractivity contribution in [2.75, 3.05) is 5.75 Å². The Morgan fingerprint density at radius 1 is 1.45 bits per heavy atom. The molecule has 108 valence electrons. The lowest BCUT2D eigenvalue weighted by atomic mass is 10.1. The van der Waals surface area contributed by atoms with Gasteiger partial charge in [-0.1, -0.05) is 30.0 Å². The zero-order valence-electron chi connectivity index (χ0n) is 10.3. The Morgan fingerprint density at radius 2 is 2.10 bits per heavy atom. The summed E-state index contributed by atoms with van der Waals surface area (Å²) in [6.07, 6.45) is -1.78. The molecule has 0 aliphatic rings. The average molecular weight is 305 g/mol. The second-order valence-corrected chi connectivity index (χ2v) is 4.93. The molecule has 1 rings (SSSR count). The molecule has 0 aliphatic heterocycles. The summed E-state index contributed by atoms with van der Waals surface area (Å²) >= 11 is 1.03. The van der Waals surface area contributed by atoms with Crippen LogP contribution < -0.4 is 0 Å². The van der Waals surface area contributed by atoms with Gasteiger partial charge in [-0.05, 0) is 11.6 Å². The second kappa shape index (κ2) is 6.56. The zero-order valence-corrected chi connectivity index (χ0v) is 11.1. The van der Waals surface area contributed by atoms with E-state index < -0.39 is 22.4 Å². The Kier molecular flexibility index (Phi) is 5.32. The maximum Gasteiger partial charge on any atom is 0.422 e.